The van der Waals surface area contributed by atoms with Gasteiger partial charge in [0.25, 0.3) is 11.7 Å². The Morgan fingerprint density at radius 3 is 2.33 bits per heavy atom. The first kappa shape index (κ1) is 28.2. The van der Waals surface area contributed by atoms with Crippen LogP contribution in [0.2, 0.25) is 0 Å². The lowest BCUT2D eigenvalue weighted by Crippen LogP contribution is -2.29. The Kier molecular flexibility index (Phi) is 8.73. The van der Waals surface area contributed by atoms with Gasteiger partial charge in [-0.15, -0.1) is 0 Å². The van der Waals surface area contributed by atoms with E-state index in [0.717, 1.165) is 0 Å². The molecule has 0 radical (unpaired) electrons. The number of carbonyl (C=O) groups is 3. The second kappa shape index (κ2) is 12.4. The number of rotatable bonds is 10. The fourth-order valence-electron chi connectivity index (χ4n) is 4.60. The standard InChI is InChI=1S/C31H31NO8/c1-5-38-23-14-15-24(25(18-23)39-6-2)28(33)26-27(19-10-9-13-22(17-19)37-4)32(30(35)29(26)34)21-12-8-11-20(16-21)31(36)40-7-3/h8-18,27,33H,5-7H2,1-4H3/b28-26-. The highest BCUT2D eigenvalue weighted by atomic mass is 16.5. The normalized spacial score (nSPS) is 16.1. The summed E-state index contributed by atoms with van der Waals surface area (Å²) in [6, 6.07) is 17.0. The van der Waals surface area contributed by atoms with Crippen molar-refractivity contribution >= 4 is 29.1 Å². The molecule has 9 nitrogen and oxygen atoms in total. The summed E-state index contributed by atoms with van der Waals surface area (Å²) in [5, 5.41) is 11.6. The Morgan fingerprint density at radius 2 is 1.62 bits per heavy atom. The molecule has 0 aromatic heterocycles. The molecule has 1 heterocycles. The molecular formula is C31H31NO8. The maximum Gasteiger partial charge on any atom is 0.338 e. The molecule has 1 aliphatic rings. The summed E-state index contributed by atoms with van der Waals surface area (Å²) in [4.78, 5) is 40.9. The number of methoxy groups -OCH3 is 1. The Hall–Kier alpha value is -4.79. The fourth-order valence-corrected chi connectivity index (χ4v) is 4.60. The van der Waals surface area contributed by atoms with Crippen LogP contribution in [0.25, 0.3) is 5.76 Å². The number of esters is 1. The number of ether oxygens (including phenoxy) is 4. The quantitative estimate of drug-likeness (QED) is 0.158. The van der Waals surface area contributed by atoms with Crippen LogP contribution in [-0.2, 0) is 14.3 Å². The smallest absolute Gasteiger partial charge is 0.338 e. The molecule has 0 saturated carbocycles. The fraction of sp³-hybridized carbons (Fsp3) is 0.258. The summed E-state index contributed by atoms with van der Waals surface area (Å²) in [7, 11) is 1.51. The van der Waals surface area contributed by atoms with Crippen LogP contribution in [0.1, 0.15) is 48.3 Å². The van der Waals surface area contributed by atoms with Gasteiger partial charge in [0.2, 0.25) is 0 Å². The minimum absolute atomic E-state index is 0.134. The van der Waals surface area contributed by atoms with E-state index < -0.39 is 29.5 Å². The zero-order valence-electron chi connectivity index (χ0n) is 22.8. The van der Waals surface area contributed by atoms with E-state index in [1.165, 1.54) is 18.1 Å². The van der Waals surface area contributed by atoms with E-state index in [0.29, 0.717) is 36.0 Å². The van der Waals surface area contributed by atoms with Gasteiger partial charge in [0.05, 0.1) is 49.7 Å². The molecule has 1 N–H and O–H groups in total. The monoisotopic (exact) mass is 545 g/mol. The van der Waals surface area contributed by atoms with Crippen LogP contribution in [-0.4, -0.2) is 49.7 Å². The molecule has 0 bridgehead atoms. The van der Waals surface area contributed by atoms with Crippen molar-refractivity contribution in [3.8, 4) is 17.2 Å². The van der Waals surface area contributed by atoms with Crippen molar-refractivity contribution < 1.29 is 38.4 Å². The predicted molar refractivity (Wildman–Crippen MR) is 149 cm³/mol. The van der Waals surface area contributed by atoms with Gasteiger partial charge in [0.15, 0.2) is 0 Å². The number of hydrogen-bond donors (Lipinski definition) is 1. The zero-order valence-corrected chi connectivity index (χ0v) is 22.8. The molecule has 1 unspecified atom stereocenters. The number of aliphatic hydroxyl groups excluding tert-OH is 1. The molecule has 1 amide bonds. The van der Waals surface area contributed by atoms with E-state index >= 15 is 0 Å². The van der Waals surface area contributed by atoms with Crippen LogP contribution >= 0.6 is 0 Å². The number of carbonyl (C=O) groups excluding carboxylic acids is 3. The molecular weight excluding hydrogens is 514 g/mol. The highest BCUT2D eigenvalue weighted by molar-refractivity contribution is 6.51. The molecule has 1 aliphatic heterocycles. The van der Waals surface area contributed by atoms with Gasteiger partial charge in [-0.3, -0.25) is 14.5 Å². The second-order valence-electron chi connectivity index (χ2n) is 8.74. The van der Waals surface area contributed by atoms with Crippen molar-refractivity contribution in [2.24, 2.45) is 0 Å². The van der Waals surface area contributed by atoms with Crippen LogP contribution in [0.4, 0.5) is 5.69 Å². The summed E-state index contributed by atoms with van der Waals surface area (Å²) >= 11 is 0. The Balaban J connectivity index is 1.94. The number of ketones is 1. The first-order valence-electron chi connectivity index (χ1n) is 13.0. The summed E-state index contributed by atoms with van der Waals surface area (Å²) in [5.74, 6) is -1.38. The average Bonchev–Trinajstić information content (AvgIpc) is 3.23. The van der Waals surface area contributed by atoms with Crippen LogP contribution in [0, 0.1) is 0 Å². The minimum Gasteiger partial charge on any atom is -0.507 e. The van der Waals surface area contributed by atoms with E-state index in [9.17, 15) is 19.5 Å². The highest BCUT2D eigenvalue weighted by Crippen LogP contribution is 2.44. The van der Waals surface area contributed by atoms with E-state index in [1.54, 1.807) is 74.5 Å². The first-order chi connectivity index (χ1) is 19.3. The lowest BCUT2D eigenvalue weighted by molar-refractivity contribution is -0.132. The molecule has 4 rings (SSSR count). The SMILES string of the molecule is CCOC(=O)c1cccc(N2C(=O)C(=O)/C(=C(\O)c3ccc(OCC)cc3OCC)C2c2cccc(OC)c2)c1. The first-order valence-corrected chi connectivity index (χ1v) is 13.0. The number of benzene rings is 3. The Bertz CT molecular complexity index is 1460. The Morgan fingerprint density at radius 1 is 0.875 bits per heavy atom. The lowest BCUT2D eigenvalue weighted by atomic mass is 9.94. The van der Waals surface area contributed by atoms with Crippen LogP contribution in [0.3, 0.4) is 0 Å². The molecule has 9 heteroatoms. The maximum absolute atomic E-state index is 13.6. The number of nitrogens with zero attached hydrogens (tertiary/aromatic N) is 1. The summed E-state index contributed by atoms with van der Waals surface area (Å²) in [6.07, 6.45) is 0. The Labute approximate surface area is 232 Å². The molecule has 3 aromatic carbocycles. The molecule has 0 aliphatic carbocycles. The second-order valence-corrected chi connectivity index (χ2v) is 8.74. The third kappa shape index (κ3) is 5.49. The van der Waals surface area contributed by atoms with Gasteiger partial charge >= 0.3 is 5.97 Å². The molecule has 3 aromatic rings. The van der Waals surface area contributed by atoms with Crippen molar-refractivity contribution in [1.29, 1.82) is 0 Å². The van der Waals surface area contributed by atoms with Crippen LogP contribution < -0.4 is 19.1 Å². The number of aliphatic hydroxyl groups is 1. The van der Waals surface area contributed by atoms with Gasteiger partial charge in [0.1, 0.15) is 23.0 Å². The minimum atomic E-state index is -1.03. The molecule has 1 saturated heterocycles. The molecule has 208 valence electrons. The molecule has 1 atom stereocenters. The van der Waals surface area contributed by atoms with Crippen molar-refractivity contribution in [3.05, 3.63) is 89.0 Å². The lowest BCUT2D eigenvalue weighted by Gasteiger charge is -2.26. The van der Waals surface area contributed by atoms with Crippen LogP contribution in [0.5, 0.6) is 17.2 Å². The summed E-state index contributed by atoms with van der Waals surface area (Å²) < 4.78 is 21.8. The zero-order chi connectivity index (χ0) is 28.8. The number of amides is 1. The van der Waals surface area contributed by atoms with Crippen molar-refractivity contribution in [2.75, 3.05) is 31.8 Å². The number of anilines is 1. The van der Waals surface area contributed by atoms with Gasteiger partial charge in [-0.25, -0.2) is 4.79 Å². The highest BCUT2D eigenvalue weighted by Gasteiger charge is 2.47. The van der Waals surface area contributed by atoms with E-state index in [1.807, 2.05) is 6.92 Å². The van der Waals surface area contributed by atoms with Crippen molar-refractivity contribution in [3.63, 3.8) is 0 Å². The predicted octanol–water partition coefficient (Wildman–Crippen LogP) is 5.30. The third-order valence-electron chi connectivity index (χ3n) is 6.31. The van der Waals surface area contributed by atoms with Crippen molar-refractivity contribution in [1.82, 2.24) is 0 Å². The van der Waals surface area contributed by atoms with Crippen LogP contribution in [0.15, 0.2) is 72.3 Å². The maximum atomic E-state index is 13.6. The van der Waals surface area contributed by atoms with Gasteiger partial charge in [-0.05, 0) is 68.8 Å². The summed E-state index contributed by atoms with van der Waals surface area (Å²) in [5.41, 5.74) is 1.12. The van der Waals surface area contributed by atoms with Gasteiger partial charge in [-0.1, -0.05) is 18.2 Å². The topological polar surface area (TPSA) is 112 Å². The summed E-state index contributed by atoms with van der Waals surface area (Å²) in [6.45, 7) is 6.25. The van der Waals surface area contributed by atoms with E-state index in [4.69, 9.17) is 18.9 Å². The van der Waals surface area contributed by atoms with Gasteiger partial charge in [0, 0.05) is 11.8 Å². The number of hydrogen-bond acceptors (Lipinski definition) is 8. The number of Topliss-reactive ketones (excluding diaryl/α,β-unsaturated/α-hetero) is 1. The van der Waals surface area contributed by atoms with Gasteiger partial charge < -0.3 is 24.1 Å². The largest absolute Gasteiger partial charge is 0.507 e. The third-order valence-corrected chi connectivity index (χ3v) is 6.31. The van der Waals surface area contributed by atoms with Gasteiger partial charge in [-0.2, -0.15) is 0 Å². The van der Waals surface area contributed by atoms with E-state index in [2.05, 4.69) is 0 Å². The van der Waals surface area contributed by atoms with E-state index in [-0.39, 0.29) is 29.0 Å². The van der Waals surface area contributed by atoms with Crippen molar-refractivity contribution in [2.45, 2.75) is 26.8 Å². The average molecular weight is 546 g/mol. The molecule has 40 heavy (non-hydrogen) atoms. The molecule has 0 spiro atoms. The molecule has 1 fully saturated rings.